The highest BCUT2D eigenvalue weighted by Crippen LogP contribution is 2.37. The Balaban J connectivity index is 2.05. The van der Waals surface area contributed by atoms with Crippen molar-refractivity contribution in [1.29, 1.82) is 0 Å². The lowest BCUT2D eigenvalue weighted by molar-refractivity contribution is 0.519. The Hall–Kier alpha value is 0.840. The average molecular weight is 366 g/mol. The van der Waals surface area contributed by atoms with Gasteiger partial charge in [-0.3, -0.25) is 0 Å². The minimum atomic E-state index is 0.586. The zero-order valence-corrected chi connectivity index (χ0v) is 14.9. The van der Waals surface area contributed by atoms with Gasteiger partial charge in [-0.2, -0.15) is 23.5 Å². The molecular formula is C13H20BrNS3. The predicted octanol–water partition coefficient (Wildman–Crippen LogP) is 4.27. The van der Waals surface area contributed by atoms with Crippen LogP contribution in [0.3, 0.4) is 0 Å². The lowest BCUT2D eigenvalue weighted by Crippen LogP contribution is -2.44. The minimum Gasteiger partial charge on any atom is -0.315 e. The maximum Gasteiger partial charge on any atom is 0.0323 e. The fourth-order valence-electron chi connectivity index (χ4n) is 2.36. The van der Waals surface area contributed by atoms with Gasteiger partial charge in [0.05, 0.1) is 0 Å². The Morgan fingerprint density at radius 3 is 2.83 bits per heavy atom. The Bertz CT molecular complexity index is 369. The van der Waals surface area contributed by atoms with Gasteiger partial charge in [-0.1, -0.05) is 6.92 Å². The lowest BCUT2D eigenvalue weighted by Gasteiger charge is -2.35. The van der Waals surface area contributed by atoms with E-state index in [-0.39, 0.29) is 0 Å². The first-order valence-electron chi connectivity index (χ1n) is 6.38. The van der Waals surface area contributed by atoms with E-state index in [0.29, 0.717) is 6.04 Å². The van der Waals surface area contributed by atoms with Crippen molar-refractivity contribution in [2.45, 2.75) is 36.3 Å². The molecule has 0 aliphatic carbocycles. The molecule has 0 spiro atoms. The van der Waals surface area contributed by atoms with Crippen molar-refractivity contribution >= 4 is 50.8 Å². The van der Waals surface area contributed by atoms with E-state index < -0.39 is 0 Å². The van der Waals surface area contributed by atoms with Crippen molar-refractivity contribution in [3.05, 3.63) is 20.8 Å². The van der Waals surface area contributed by atoms with Crippen molar-refractivity contribution < 1.29 is 0 Å². The Labute approximate surface area is 131 Å². The van der Waals surface area contributed by atoms with E-state index >= 15 is 0 Å². The molecule has 1 saturated heterocycles. The molecule has 0 bridgehead atoms. The molecule has 1 aromatic heterocycles. The van der Waals surface area contributed by atoms with Gasteiger partial charge in [0.1, 0.15) is 0 Å². The molecule has 3 unspecified atom stereocenters. The number of hydrogen-bond donors (Lipinski definition) is 1. The quantitative estimate of drug-likeness (QED) is 0.836. The summed E-state index contributed by atoms with van der Waals surface area (Å²) in [4.78, 5) is 1.47. The third-order valence-corrected chi connectivity index (χ3v) is 8.71. The summed E-state index contributed by atoms with van der Waals surface area (Å²) in [5.74, 6) is 2.62. The predicted molar refractivity (Wildman–Crippen MR) is 91.4 cm³/mol. The van der Waals surface area contributed by atoms with E-state index in [1.807, 2.05) is 11.3 Å². The molecule has 1 aliphatic heterocycles. The number of thiophene rings is 1. The second kappa shape index (κ2) is 7.58. The normalized spacial score (nSPS) is 26.2. The summed E-state index contributed by atoms with van der Waals surface area (Å²) in [7, 11) is 2.11. The smallest absolute Gasteiger partial charge is 0.0323 e. The molecule has 1 nitrogen and oxygen atoms in total. The molecule has 2 heterocycles. The molecule has 102 valence electrons. The van der Waals surface area contributed by atoms with E-state index in [2.05, 4.69) is 70.2 Å². The number of halogens is 1. The van der Waals surface area contributed by atoms with Gasteiger partial charge in [0.25, 0.3) is 0 Å². The zero-order valence-electron chi connectivity index (χ0n) is 10.8. The molecule has 1 N–H and O–H groups in total. The molecule has 2 rings (SSSR count). The fraction of sp³-hybridized carbons (Fsp3) is 0.692. The zero-order chi connectivity index (χ0) is 13.0. The highest BCUT2D eigenvalue weighted by atomic mass is 79.9. The summed E-state index contributed by atoms with van der Waals surface area (Å²) >= 11 is 9.84. The average Bonchev–Trinajstić information content (AvgIpc) is 2.81. The molecule has 0 radical (unpaired) electrons. The van der Waals surface area contributed by atoms with Gasteiger partial charge in [-0.25, -0.2) is 0 Å². The summed E-state index contributed by atoms with van der Waals surface area (Å²) in [6, 6.07) is 2.75. The molecule has 0 saturated carbocycles. The lowest BCUT2D eigenvalue weighted by atomic mass is 10.0. The van der Waals surface area contributed by atoms with Crippen LogP contribution in [0.2, 0.25) is 0 Å². The van der Waals surface area contributed by atoms with Crippen LogP contribution in [0.4, 0.5) is 0 Å². The van der Waals surface area contributed by atoms with E-state index in [9.17, 15) is 0 Å². The monoisotopic (exact) mass is 365 g/mol. The molecule has 1 aliphatic rings. The highest BCUT2D eigenvalue weighted by Gasteiger charge is 2.31. The van der Waals surface area contributed by atoms with Gasteiger partial charge in [0.2, 0.25) is 0 Å². The first kappa shape index (κ1) is 15.2. The van der Waals surface area contributed by atoms with Crippen molar-refractivity contribution in [2.24, 2.45) is 0 Å². The van der Waals surface area contributed by atoms with Gasteiger partial charge < -0.3 is 5.32 Å². The topological polar surface area (TPSA) is 12.0 Å². The SMILES string of the molecule is CCC1SCCSC1C(Cc1sccc1Br)NC. The summed E-state index contributed by atoms with van der Waals surface area (Å²) in [5, 5.41) is 7.27. The van der Waals surface area contributed by atoms with Crippen molar-refractivity contribution in [1.82, 2.24) is 5.32 Å². The number of nitrogens with one attached hydrogen (secondary N) is 1. The first-order chi connectivity index (χ1) is 8.76. The van der Waals surface area contributed by atoms with Crippen molar-refractivity contribution in [2.75, 3.05) is 18.6 Å². The van der Waals surface area contributed by atoms with Crippen molar-refractivity contribution in [3.63, 3.8) is 0 Å². The Morgan fingerprint density at radius 1 is 1.44 bits per heavy atom. The molecule has 1 aromatic rings. The molecule has 5 heteroatoms. The van der Waals surface area contributed by atoms with E-state index in [1.54, 1.807) is 0 Å². The second-order valence-electron chi connectivity index (χ2n) is 4.44. The Morgan fingerprint density at radius 2 is 2.22 bits per heavy atom. The third kappa shape index (κ3) is 3.69. The highest BCUT2D eigenvalue weighted by molar-refractivity contribution is 9.10. The van der Waals surface area contributed by atoms with Crippen LogP contribution in [-0.2, 0) is 6.42 Å². The first-order valence-corrected chi connectivity index (χ1v) is 10.2. The van der Waals surface area contributed by atoms with Crippen LogP contribution in [0, 0.1) is 0 Å². The van der Waals surface area contributed by atoms with Gasteiger partial charge in [-0.05, 0) is 47.3 Å². The minimum absolute atomic E-state index is 0.586. The largest absolute Gasteiger partial charge is 0.315 e. The van der Waals surface area contributed by atoms with Crippen LogP contribution in [0.1, 0.15) is 18.2 Å². The molecular weight excluding hydrogens is 346 g/mol. The molecule has 3 atom stereocenters. The van der Waals surface area contributed by atoms with Crippen LogP contribution >= 0.6 is 50.8 Å². The van der Waals surface area contributed by atoms with Crippen LogP contribution < -0.4 is 5.32 Å². The number of likely N-dealkylation sites (N-methyl/N-ethyl adjacent to an activating group) is 1. The van der Waals surface area contributed by atoms with Gasteiger partial charge in [0.15, 0.2) is 0 Å². The Kier molecular flexibility index (Phi) is 6.41. The van der Waals surface area contributed by atoms with Crippen molar-refractivity contribution in [3.8, 4) is 0 Å². The molecule has 0 amide bonds. The number of thioether (sulfide) groups is 2. The molecule has 18 heavy (non-hydrogen) atoms. The summed E-state index contributed by atoms with van der Waals surface area (Å²) < 4.78 is 1.27. The maximum absolute atomic E-state index is 3.65. The summed E-state index contributed by atoms with van der Waals surface area (Å²) in [5.41, 5.74) is 0. The van der Waals surface area contributed by atoms with Gasteiger partial charge >= 0.3 is 0 Å². The number of rotatable bonds is 5. The standard InChI is InChI=1S/C13H20BrNS3/c1-3-11-13(18-7-6-17-11)10(15-2)8-12-9(14)4-5-16-12/h4-5,10-11,13,15H,3,6-8H2,1-2H3. The summed E-state index contributed by atoms with van der Waals surface area (Å²) in [6.07, 6.45) is 2.43. The fourth-order valence-corrected chi connectivity index (χ4v) is 7.24. The van der Waals surface area contributed by atoms with Crippen LogP contribution in [-0.4, -0.2) is 35.1 Å². The van der Waals surface area contributed by atoms with Gasteiger partial charge in [0, 0.05) is 37.4 Å². The molecule has 1 fully saturated rings. The van der Waals surface area contributed by atoms with Crippen LogP contribution in [0.5, 0.6) is 0 Å². The van der Waals surface area contributed by atoms with E-state index in [4.69, 9.17) is 0 Å². The van der Waals surface area contributed by atoms with E-state index in [0.717, 1.165) is 16.9 Å². The third-order valence-electron chi connectivity index (χ3n) is 3.36. The van der Waals surface area contributed by atoms with Gasteiger partial charge in [-0.15, -0.1) is 11.3 Å². The van der Waals surface area contributed by atoms with Crippen LogP contribution in [0.15, 0.2) is 15.9 Å². The maximum atomic E-state index is 3.65. The summed E-state index contributed by atoms with van der Waals surface area (Å²) in [6.45, 7) is 2.32. The molecule has 0 aromatic carbocycles. The second-order valence-corrected chi connectivity index (χ2v) is 8.93. The van der Waals surface area contributed by atoms with Crippen LogP contribution in [0.25, 0.3) is 0 Å². The number of hydrogen-bond acceptors (Lipinski definition) is 4. The van der Waals surface area contributed by atoms with E-state index in [1.165, 1.54) is 27.3 Å².